The number of benzene rings is 2. The van der Waals surface area contributed by atoms with E-state index in [0.29, 0.717) is 11.4 Å². The highest BCUT2D eigenvalue weighted by atomic mass is 19.1. The minimum absolute atomic E-state index is 0.121. The topological polar surface area (TPSA) is 55.9 Å². The molecule has 1 heterocycles. The van der Waals surface area contributed by atoms with Crippen molar-refractivity contribution < 1.29 is 14.0 Å². The van der Waals surface area contributed by atoms with E-state index in [1.807, 2.05) is 24.3 Å². The summed E-state index contributed by atoms with van der Waals surface area (Å²) < 4.78 is 13.4. The zero-order valence-corrected chi connectivity index (χ0v) is 16.9. The maximum atomic E-state index is 13.4. The third-order valence-corrected chi connectivity index (χ3v) is 5.08. The molecule has 29 heavy (non-hydrogen) atoms. The number of rotatable bonds is 6. The molecule has 3 rings (SSSR count). The highest BCUT2D eigenvalue weighted by Crippen LogP contribution is 2.20. The first-order chi connectivity index (χ1) is 13.9. The van der Waals surface area contributed by atoms with Crippen LogP contribution in [0.25, 0.3) is 0 Å². The lowest BCUT2D eigenvalue weighted by Crippen LogP contribution is -2.44. The molecule has 0 bridgehead atoms. The van der Waals surface area contributed by atoms with Crippen molar-refractivity contribution in [1.82, 2.24) is 4.90 Å². The van der Waals surface area contributed by atoms with Crippen LogP contribution in [0, 0.1) is 5.82 Å². The number of carbonyl (C=O) groups is 2. The number of hydrogen-bond acceptors (Lipinski definition) is 4. The van der Waals surface area contributed by atoms with Crippen molar-refractivity contribution in [1.29, 1.82) is 0 Å². The summed E-state index contributed by atoms with van der Waals surface area (Å²) in [5, 5.41) is 2.86. The summed E-state index contributed by atoms with van der Waals surface area (Å²) in [6.45, 7) is 5.64. The molecule has 1 aliphatic rings. The van der Waals surface area contributed by atoms with Crippen LogP contribution in [0.2, 0.25) is 0 Å². The van der Waals surface area contributed by atoms with E-state index >= 15 is 0 Å². The fourth-order valence-corrected chi connectivity index (χ4v) is 3.37. The summed E-state index contributed by atoms with van der Waals surface area (Å²) in [6, 6.07) is 13.6. The predicted molar refractivity (Wildman–Crippen MR) is 114 cm³/mol. The van der Waals surface area contributed by atoms with Gasteiger partial charge in [-0.1, -0.05) is 6.07 Å². The number of halogens is 1. The number of hydrogen-bond donors (Lipinski definition) is 1. The molecule has 2 amide bonds. The lowest BCUT2D eigenvalue weighted by molar-refractivity contribution is -0.117. The first-order valence-corrected chi connectivity index (χ1v) is 9.79. The van der Waals surface area contributed by atoms with Crippen LogP contribution in [-0.4, -0.2) is 56.5 Å². The molecule has 0 unspecified atom stereocenters. The van der Waals surface area contributed by atoms with E-state index in [-0.39, 0.29) is 24.8 Å². The van der Waals surface area contributed by atoms with E-state index in [4.69, 9.17) is 0 Å². The van der Waals surface area contributed by atoms with Crippen molar-refractivity contribution >= 4 is 28.9 Å². The van der Waals surface area contributed by atoms with Crippen molar-refractivity contribution in [2.75, 3.05) is 54.9 Å². The van der Waals surface area contributed by atoms with Gasteiger partial charge in [0.2, 0.25) is 11.8 Å². The second-order valence-electron chi connectivity index (χ2n) is 7.29. The van der Waals surface area contributed by atoms with Crippen LogP contribution in [0.3, 0.4) is 0 Å². The summed E-state index contributed by atoms with van der Waals surface area (Å²) in [6.07, 6.45) is 0.121. The molecule has 2 aromatic carbocycles. The monoisotopic (exact) mass is 398 g/mol. The lowest BCUT2D eigenvalue weighted by atomic mass is 10.2. The summed E-state index contributed by atoms with van der Waals surface area (Å²) in [5.74, 6) is -0.849. The Balaban J connectivity index is 1.54. The van der Waals surface area contributed by atoms with Gasteiger partial charge in [-0.25, -0.2) is 4.39 Å². The largest absolute Gasteiger partial charge is 0.369 e. The first-order valence-electron chi connectivity index (χ1n) is 9.79. The molecule has 7 heteroatoms. The number of piperazine rings is 1. The minimum atomic E-state index is -0.418. The van der Waals surface area contributed by atoms with Gasteiger partial charge in [-0.05, 0) is 49.5 Å². The van der Waals surface area contributed by atoms with E-state index in [9.17, 15) is 14.0 Å². The Labute approximate surface area is 170 Å². The Bertz CT molecular complexity index is 848. The van der Waals surface area contributed by atoms with E-state index in [1.165, 1.54) is 24.0 Å². The molecule has 2 aromatic rings. The van der Waals surface area contributed by atoms with Gasteiger partial charge in [-0.3, -0.25) is 9.59 Å². The summed E-state index contributed by atoms with van der Waals surface area (Å²) in [7, 11) is 2.12. The maximum absolute atomic E-state index is 13.4. The second-order valence-corrected chi connectivity index (χ2v) is 7.29. The van der Waals surface area contributed by atoms with Gasteiger partial charge in [-0.15, -0.1) is 0 Å². The van der Waals surface area contributed by atoms with Crippen LogP contribution < -0.4 is 15.1 Å². The van der Waals surface area contributed by atoms with E-state index < -0.39 is 5.82 Å². The molecule has 0 aromatic heterocycles. The Morgan fingerprint density at radius 3 is 2.38 bits per heavy atom. The molecule has 6 nitrogen and oxygen atoms in total. The standard InChI is InChI=1S/C22H27FN4O2/c1-17(28)27(21-5-3-4-18(23)16-21)11-10-22(29)24-19-6-8-20(9-7-19)26-14-12-25(2)13-15-26/h3-9,16H,10-15H2,1-2H3,(H,24,29). The van der Waals surface area contributed by atoms with Gasteiger partial charge >= 0.3 is 0 Å². The van der Waals surface area contributed by atoms with E-state index in [0.717, 1.165) is 31.9 Å². The number of nitrogens with one attached hydrogen (secondary N) is 1. The van der Waals surface area contributed by atoms with E-state index in [1.54, 1.807) is 12.1 Å². The quantitative estimate of drug-likeness (QED) is 0.813. The van der Waals surface area contributed by atoms with Crippen LogP contribution in [0.1, 0.15) is 13.3 Å². The molecule has 1 N–H and O–H groups in total. The number of nitrogens with zero attached hydrogens (tertiary/aromatic N) is 3. The fourth-order valence-electron chi connectivity index (χ4n) is 3.37. The minimum Gasteiger partial charge on any atom is -0.369 e. The Morgan fingerprint density at radius 1 is 1.07 bits per heavy atom. The number of likely N-dealkylation sites (N-methyl/N-ethyl adjacent to an activating group) is 1. The molecular weight excluding hydrogens is 371 g/mol. The lowest BCUT2D eigenvalue weighted by Gasteiger charge is -2.34. The number of carbonyl (C=O) groups excluding carboxylic acids is 2. The maximum Gasteiger partial charge on any atom is 0.226 e. The molecule has 1 fully saturated rings. The SMILES string of the molecule is CC(=O)N(CCC(=O)Nc1ccc(N2CCN(C)CC2)cc1)c1cccc(F)c1. The van der Waals surface area contributed by atoms with Gasteiger partial charge in [0.25, 0.3) is 0 Å². The normalized spacial score (nSPS) is 14.5. The van der Waals surface area contributed by atoms with Crippen LogP contribution in [0.15, 0.2) is 48.5 Å². The van der Waals surface area contributed by atoms with Crippen LogP contribution in [0.5, 0.6) is 0 Å². The third-order valence-electron chi connectivity index (χ3n) is 5.08. The van der Waals surface area contributed by atoms with Gasteiger partial charge in [0.15, 0.2) is 0 Å². The molecule has 0 atom stereocenters. The average Bonchev–Trinajstić information content (AvgIpc) is 2.69. The predicted octanol–water partition coefficient (Wildman–Crippen LogP) is 2.96. The zero-order chi connectivity index (χ0) is 20.8. The molecule has 1 aliphatic heterocycles. The van der Waals surface area contributed by atoms with Gasteiger partial charge in [0.1, 0.15) is 5.82 Å². The first kappa shape index (κ1) is 20.8. The Kier molecular flexibility index (Phi) is 6.82. The Hall–Kier alpha value is -2.93. The fraction of sp³-hybridized carbons (Fsp3) is 0.364. The van der Waals surface area contributed by atoms with Crippen LogP contribution >= 0.6 is 0 Å². The van der Waals surface area contributed by atoms with Crippen LogP contribution in [0.4, 0.5) is 21.5 Å². The van der Waals surface area contributed by atoms with Crippen molar-refractivity contribution in [2.24, 2.45) is 0 Å². The van der Waals surface area contributed by atoms with Crippen LogP contribution in [-0.2, 0) is 9.59 Å². The molecular formula is C22H27FN4O2. The third kappa shape index (κ3) is 5.77. The van der Waals surface area contributed by atoms with Gasteiger partial charge in [0.05, 0.1) is 0 Å². The van der Waals surface area contributed by atoms with Crippen molar-refractivity contribution in [3.63, 3.8) is 0 Å². The highest BCUT2D eigenvalue weighted by molar-refractivity contribution is 5.94. The second kappa shape index (κ2) is 9.52. The molecule has 154 valence electrons. The van der Waals surface area contributed by atoms with Crippen molar-refractivity contribution in [3.8, 4) is 0 Å². The summed E-state index contributed by atoms with van der Waals surface area (Å²) in [5.41, 5.74) is 2.31. The van der Waals surface area contributed by atoms with Gasteiger partial charge in [0, 0.05) is 63.1 Å². The molecule has 0 saturated carbocycles. The Morgan fingerprint density at radius 2 is 1.76 bits per heavy atom. The summed E-state index contributed by atoms with van der Waals surface area (Å²) in [4.78, 5) is 30.3. The molecule has 0 aliphatic carbocycles. The molecule has 0 radical (unpaired) electrons. The molecule has 0 spiro atoms. The van der Waals surface area contributed by atoms with Crippen molar-refractivity contribution in [3.05, 3.63) is 54.3 Å². The van der Waals surface area contributed by atoms with Gasteiger partial charge < -0.3 is 20.0 Å². The smallest absolute Gasteiger partial charge is 0.226 e. The average molecular weight is 398 g/mol. The number of anilines is 3. The molecule has 1 saturated heterocycles. The van der Waals surface area contributed by atoms with E-state index in [2.05, 4.69) is 22.2 Å². The van der Waals surface area contributed by atoms with Crippen molar-refractivity contribution in [2.45, 2.75) is 13.3 Å². The summed E-state index contributed by atoms with van der Waals surface area (Å²) >= 11 is 0. The number of amides is 2. The highest BCUT2D eigenvalue weighted by Gasteiger charge is 2.16. The zero-order valence-electron chi connectivity index (χ0n) is 16.9. The van der Waals surface area contributed by atoms with Gasteiger partial charge in [-0.2, -0.15) is 0 Å².